The fraction of sp³-hybridized carbons (Fsp3) is 0.500. The van der Waals surface area contributed by atoms with Crippen molar-refractivity contribution in [1.29, 1.82) is 0 Å². The first-order valence-corrected chi connectivity index (χ1v) is 8.52. The van der Waals surface area contributed by atoms with Crippen LogP contribution < -0.4 is 10.6 Å². The minimum atomic E-state index is -0.208. The molecule has 0 aliphatic carbocycles. The summed E-state index contributed by atoms with van der Waals surface area (Å²) in [6.45, 7) is 5.19. The first kappa shape index (κ1) is 21.7. The predicted molar refractivity (Wildman–Crippen MR) is 112 cm³/mol. The summed E-state index contributed by atoms with van der Waals surface area (Å²) in [6.07, 6.45) is 4.82. The Bertz CT molecular complexity index is 660. The molecule has 0 aliphatic rings. The van der Waals surface area contributed by atoms with Crippen molar-refractivity contribution in [1.82, 2.24) is 15.6 Å². The molecule has 0 aliphatic heterocycles. The lowest BCUT2D eigenvalue weighted by Gasteiger charge is -2.11. The summed E-state index contributed by atoms with van der Waals surface area (Å²) in [5, 5.41) is 7.52. The SMILES string of the molecule is CCOCCCCNC(=NC)NCCc1c[nH]c2ccc(F)cc12.I. The Morgan fingerprint density at radius 3 is 2.80 bits per heavy atom. The minimum absolute atomic E-state index is 0. The van der Waals surface area contributed by atoms with Crippen molar-refractivity contribution in [3.8, 4) is 0 Å². The van der Waals surface area contributed by atoms with E-state index in [1.165, 1.54) is 6.07 Å². The van der Waals surface area contributed by atoms with E-state index in [2.05, 4.69) is 20.6 Å². The molecule has 3 N–H and O–H groups in total. The van der Waals surface area contributed by atoms with Gasteiger partial charge in [0, 0.05) is 50.5 Å². The van der Waals surface area contributed by atoms with Crippen LogP contribution in [-0.2, 0) is 11.2 Å². The van der Waals surface area contributed by atoms with Gasteiger partial charge in [-0.2, -0.15) is 0 Å². The van der Waals surface area contributed by atoms with Crippen LogP contribution in [-0.4, -0.2) is 44.3 Å². The van der Waals surface area contributed by atoms with Crippen molar-refractivity contribution in [3.63, 3.8) is 0 Å². The van der Waals surface area contributed by atoms with Gasteiger partial charge in [-0.1, -0.05) is 0 Å². The van der Waals surface area contributed by atoms with Gasteiger partial charge in [-0.15, -0.1) is 24.0 Å². The standard InChI is InChI=1S/C18H27FN4O.HI/c1-3-24-11-5-4-9-21-18(20-2)22-10-8-14-13-23-17-7-6-15(19)12-16(14)17;/h6-7,12-13,23H,3-5,8-11H2,1-2H3,(H2,20,21,22);1H. The molecule has 0 bridgehead atoms. The lowest BCUT2D eigenvalue weighted by atomic mass is 10.1. The monoisotopic (exact) mass is 462 g/mol. The van der Waals surface area contributed by atoms with Gasteiger partial charge in [0.05, 0.1) is 0 Å². The number of fused-ring (bicyclic) bond motifs is 1. The van der Waals surface area contributed by atoms with Crippen molar-refractivity contribution in [2.24, 2.45) is 4.99 Å². The Morgan fingerprint density at radius 1 is 1.24 bits per heavy atom. The van der Waals surface area contributed by atoms with Gasteiger partial charge in [0.15, 0.2) is 5.96 Å². The molecule has 0 saturated heterocycles. The average molecular weight is 462 g/mol. The molecule has 0 amide bonds. The second kappa shape index (κ2) is 12.1. The number of nitrogens with zero attached hydrogens (tertiary/aromatic N) is 1. The van der Waals surface area contributed by atoms with Gasteiger partial charge in [-0.05, 0) is 49.9 Å². The largest absolute Gasteiger partial charge is 0.382 e. The number of nitrogens with one attached hydrogen (secondary N) is 3. The van der Waals surface area contributed by atoms with Crippen LogP contribution >= 0.6 is 24.0 Å². The molecule has 0 atom stereocenters. The quantitative estimate of drug-likeness (QED) is 0.232. The number of aromatic amines is 1. The Balaban J connectivity index is 0.00000312. The number of halogens is 2. The summed E-state index contributed by atoms with van der Waals surface area (Å²) in [4.78, 5) is 7.39. The Kier molecular flexibility index (Phi) is 10.5. The van der Waals surface area contributed by atoms with E-state index in [0.717, 1.165) is 68.0 Å². The number of benzene rings is 1. The van der Waals surface area contributed by atoms with Gasteiger partial charge < -0.3 is 20.4 Å². The molecule has 0 radical (unpaired) electrons. The van der Waals surface area contributed by atoms with Gasteiger partial charge in [0.2, 0.25) is 0 Å². The first-order chi connectivity index (χ1) is 11.7. The van der Waals surface area contributed by atoms with Crippen LogP contribution in [0, 0.1) is 5.82 Å². The first-order valence-electron chi connectivity index (χ1n) is 8.52. The molecule has 5 nitrogen and oxygen atoms in total. The fourth-order valence-electron chi connectivity index (χ4n) is 2.57. The van der Waals surface area contributed by atoms with E-state index in [1.807, 2.05) is 13.1 Å². The third-order valence-electron chi connectivity index (χ3n) is 3.85. The van der Waals surface area contributed by atoms with E-state index < -0.39 is 0 Å². The van der Waals surface area contributed by atoms with Crippen molar-refractivity contribution in [3.05, 3.63) is 35.8 Å². The van der Waals surface area contributed by atoms with Crippen molar-refractivity contribution in [2.75, 3.05) is 33.4 Å². The molecule has 2 rings (SSSR count). The van der Waals surface area contributed by atoms with Crippen LogP contribution in [0.2, 0.25) is 0 Å². The van der Waals surface area contributed by atoms with Gasteiger partial charge in [0.1, 0.15) is 5.82 Å². The van der Waals surface area contributed by atoms with E-state index in [4.69, 9.17) is 4.74 Å². The Labute approximate surface area is 165 Å². The van der Waals surface area contributed by atoms with Gasteiger partial charge in [0.25, 0.3) is 0 Å². The molecular weight excluding hydrogens is 434 g/mol. The molecule has 1 aromatic heterocycles. The normalized spacial score (nSPS) is 11.4. The van der Waals surface area contributed by atoms with Gasteiger partial charge in [-0.25, -0.2) is 4.39 Å². The van der Waals surface area contributed by atoms with E-state index in [9.17, 15) is 4.39 Å². The zero-order chi connectivity index (χ0) is 17.2. The smallest absolute Gasteiger partial charge is 0.190 e. The molecule has 140 valence electrons. The topological polar surface area (TPSA) is 61.4 Å². The highest BCUT2D eigenvalue weighted by Gasteiger charge is 2.05. The van der Waals surface area contributed by atoms with Crippen molar-refractivity contribution in [2.45, 2.75) is 26.2 Å². The molecular formula is C18H28FIN4O. The lowest BCUT2D eigenvalue weighted by molar-refractivity contribution is 0.143. The molecule has 0 saturated carbocycles. The highest BCUT2D eigenvalue weighted by Crippen LogP contribution is 2.19. The zero-order valence-corrected chi connectivity index (χ0v) is 17.2. The molecule has 1 heterocycles. The van der Waals surface area contributed by atoms with Gasteiger partial charge >= 0.3 is 0 Å². The summed E-state index contributed by atoms with van der Waals surface area (Å²) in [5.74, 6) is 0.582. The molecule has 7 heteroatoms. The molecule has 2 aromatic rings. The number of unbranched alkanes of at least 4 members (excludes halogenated alkanes) is 1. The highest BCUT2D eigenvalue weighted by molar-refractivity contribution is 14.0. The number of rotatable bonds is 9. The molecule has 1 aromatic carbocycles. The number of hydrogen-bond donors (Lipinski definition) is 3. The summed E-state index contributed by atoms with van der Waals surface area (Å²) < 4.78 is 18.7. The number of H-pyrrole nitrogens is 1. The summed E-state index contributed by atoms with van der Waals surface area (Å²) in [6, 6.07) is 4.81. The Hall–Kier alpha value is -1.35. The van der Waals surface area contributed by atoms with Crippen LogP contribution in [0.1, 0.15) is 25.3 Å². The lowest BCUT2D eigenvalue weighted by Crippen LogP contribution is -2.38. The molecule has 0 spiro atoms. The number of hydrogen-bond acceptors (Lipinski definition) is 2. The summed E-state index contributed by atoms with van der Waals surface area (Å²) in [7, 11) is 1.76. The van der Waals surface area contributed by atoms with E-state index in [1.54, 1.807) is 19.2 Å². The third-order valence-corrected chi connectivity index (χ3v) is 3.85. The Morgan fingerprint density at radius 2 is 2.04 bits per heavy atom. The second-order valence-electron chi connectivity index (χ2n) is 5.58. The van der Waals surface area contributed by atoms with Crippen LogP contribution in [0.3, 0.4) is 0 Å². The van der Waals surface area contributed by atoms with Crippen LogP contribution in [0.25, 0.3) is 10.9 Å². The minimum Gasteiger partial charge on any atom is -0.382 e. The second-order valence-corrected chi connectivity index (χ2v) is 5.58. The zero-order valence-electron chi connectivity index (χ0n) is 14.9. The van der Waals surface area contributed by atoms with Crippen LogP contribution in [0.15, 0.2) is 29.4 Å². The third kappa shape index (κ3) is 7.19. The maximum Gasteiger partial charge on any atom is 0.190 e. The number of aromatic nitrogens is 1. The fourth-order valence-corrected chi connectivity index (χ4v) is 2.57. The van der Waals surface area contributed by atoms with E-state index in [0.29, 0.717) is 0 Å². The number of guanidine groups is 1. The van der Waals surface area contributed by atoms with Crippen molar-refractivity contribution < 1.29 is 9.13 Å². The maximum absolute atomic E-state index is 13.4. The number of aliphatic imine (C=N–C) groups is 1. The predicted octanol–water partition coefficient (Wildman–Crippen LogP) is 3.45. The number of ether oxygens (including phenoxy) is 1. The van der Waals surface area contributed by atoms with E-state index >= 15 is 0 Å². The highest BCUT2D eigenvalue weighted by atomic mass is 127. The molecule has 0 unspecified atom stereocenters. The summed E-state index contributed by atoms with van der Waals surface area (Å²) >= 11 is 0. The summed E-state index contributed by atoms with van der Waals surface area (Å²) in [5.41, 5.74) is 2.06. The van der Waals surface area contributed by atoms with Crippen LogP contribution in [0.4, 0.5) is 4.39 Å². The molecule has 25 heavy (non-hydrogen) atoms. The van der Waals surface area contributed by atoms with Crippen LogP contribution in [0.5, 0.6) is 0 Å². The molecule has 0 fully saturated rings. The van der Waals surface area contributed by atoms with Gasteiger partial charge in [-0.3, -0.25) is 4.99 Å². The van der Waals surface area contributed by atoms with Crippen molar-refractivity contribution >= 4 is 40.8 Å². The maximum atomic E-state index is 13.4. The van der Waals surface area contributed by atoms with E-state index in [-0.39, 0.29) is 29.8 Å². The average Bonchev–Trinajstić information content (AvgIpc) is 2.98.